The fourth-order valence-corrected chi connectivity index (χ4v) is 7.12. The molecule has 6 rings (SSSR count). The molecular formula is C24H26N6O3S2. The Balaban J connectivity index is 1.32. The van der Waals surface area contributed by atoms with Gasteiger partial charge in [0.1, 0.15) is 28.2 Å². The van der Waals surface area contributed by atoms with Crippen LogP contribution in [0, 0.1) is 5.92 Å². The van der Waals surface area contributed by atoms with Gasteiger partial charge in [-0.25, -0.2) is 9.97 Å². The smallest absolute Gasteiger partial charge is 0.226 e. The van der Waals surface area contributed by atoms with Crippen molar-refractivity contribution in [2.45, 2.75) is 45.2 Å². The van der Waals surface area contributed by atoms with Crippen LogP contribution in [0.4, 0.5) is 11.5 Å². The Bertz CT molecular complexity index is 1410. The van der Waals surface area contributed by atoms with Crippen LogP contribution in [-0.4, -0.2) is 62.8 Å². The second kappa shape index (κ2) is 8.96. The van der Waals surface area contributed by atoms with E-state index in [0.29, 0.717) is 19.0 Å². The molecule has 3 aromatic heterocycles. The maximum absolute atomic E-state index is 13.5. The highest BCUT2D eigenvalue weighted by Gasteiger charge is 2.36. The van der Waals surface area contributed by atoms with Gasteiger partial charge in [-0.1, -0.05) is 4.49 Å². The molecule has 1 aliphatic carbocycles. The van der Waals surface area contributed by atoms with E-state index in [0.717, 1.165) is 51.2 Å². The zero-order valence-corrected chi connectivity index (χ0v) is 21.4. The van der Waals surface area contributed by atoms with Gasteiger partial charge in [-0.15, -0.1) is 16.4 Å². The van der Waals surface area contributed by atoms with Crippen LogP contribution in [0.25, 0.3) is 20.4 Å². The third-order valence-electron chi connectivity index (χ3n) is 6.94. The Morgan fingerprint density at radius 2 is 2.06 bits per heavy atom. The number of hydrogen-bond acceptors (Lipinski definition) is 10. The number of rotatable bonds is 4. The van der Waals surface area contributed by atoms with Crippen LogP contribution in [0.1, 0.15) is 30.7 Å². The third kappa shape index (κ3) is 3.91. The first-order valence-corrected chi connectivity index (χ1v) is 13.3. The molecule has 1 aliphatic heterocycles. The molecule has 3 atom stereocenters. The van der Waals surface area contributed by atoms with E-state index in [2.05, 4.69) is 38.7 Å². The van der Waals surface area contributed by atoms with E-state index in [1.807, 2.05) is 17.0 Å². The molecule has 0 radical (unpaired) electrons. The number of ether oxygens (including phenoxy) is 2. The van der Waals surface area contributed by atoms with Gasteiger partial charge in [0.25, 0.3) is 0 Å². The predicted octanol–water partition coefficient (Wildman–Crippen LogP) is 4.19. The summed E-state index contributed by atoms with van der Waals surface area (Å²) in [4.78, 5) is 26.8. The van der Waals surface area contributed by atoms with Gasteiger partial charge in [-0.3, -0.25) is 4.79 Å². The summed E-state index contributed by atoms with van der Waals surface area (Å²) < 4.78 is 16.2. The van der Waals surface area contributed by atoms with E-state index in [4.69, 9.17) is 9.47 Å². The predicted molar refractivity (Wildman–Crippen MR) is 137 cm³/mol. The molecule has 9 nitrogen and oxygen atoms in total. The fourth-order valence-electron chi connectivity index (χ4n) is 5.27. The SMILES string of the molecule is COc1cc2nnsc2cc1Nc1ncnc2sc3c(c12)CC[C@H](C(=O)N1[C@H](C)COC[C@@H]1C)C3. The molecule has 0 bridgehead atoms. The molecule has 0 spiro atoms. The van der Waals surface area contributed by atoms with Crippen molar-refractivity contribution in [3.8, 4) is 5.75 Å². The second-order valence-corrected chi connectivity index (χ2v) is 11.1. The lowest BCUT2D eigenvalue weighted by Gasteiger charge is -2.41. The lowest BCUT2D eigenvalue weighted by atomic mass is 9.86. The zero-order valence-electron chi connectivity index (χ0n) is 19.8. The fraction of sp³-hybridized carbons (Fsp3) is 0.458. The summed E-state index contributed by atoms with van der Waals surface area (Å²) in [6, 6.07) is 4.09. The third-order valence-corrected chi connectivity index (χ3v) is 8.79. The number of nitrogens with one attached hydrogen (secondary N) is 1. The van der Waals surface area contributed by atoms with Crippen LogP contribution >= 0.6 is 22.9 Å². The van der Waals surface area contributed by atoms with E-state index in [1.54, 1.807) is 24.8 Å². The highest BCUT2D eigenvalue weighted by Crippen LogP contribution is 2.42. The number of aromatic nitrogens is 4. The standard InChI is InChI=1S/C24H26N6O3S2/c1-12-9-33-10-13(2)30(12)24(31)14-4-5-15-19(6-14)34-23-21(15)22(25-11-26-23)27-16-8-20-17(28-29-35-20)7-18(16)32-3/h7-8,11-14H,4-6,9-10H2,1-3H3,(H,25,26,27)/t12-,13+,14-/m0/s1. The van der Waals surface area contributed by atoms with Crippen molar-refractivity contribution in [3.05, 3.63) is 28.9 Å². The van der Waals surface area contributed by atoms with Gasteiger partial charge in [0.05, 0.1) is 48.2 Å². The van der Waals surface area contributed by atoms with E-state index in [9.17, 15) is 4.79 Å². The summed E-state index contributed by atoms with van der Waals surface area (Å²) in [5.41, 5.74) is 2.86. The molecule has 35 heavy (non-hydrogen) atoms. The first-order chi connectivity index (χ1) is 17.0. The molecule has 1 N–H and O–H groups in total. The van der Waals surface area contributed by atoms with Crippen molar-refractivity contribution in [3.63, 3.8) is 0 Å². The average Bonchev–Trinajstić information content (AvgIpc) is 3.47. The van der Waals surface area contributed by atoms with Crippen LogP contribution in [0.15, 0.2) is 18.5 Å². The lowest BCUT2D eigenvalue weighted by Crippen LogP contribution is -2.54. The molecule has 1 aromatic carbocycles. The Kier molecular flexibility index (Phi) is 5.78. The molecule has 2 aliphatic rings. The number of carbonyl (C=O) groups is 1. The molecule has 0 unspecified atom stereocenters. The minimum absolute atomic E-state index is 0.00994. The van der Waals surface area contributed by atoms with E-state index < -0.39 is 0 Å². The summed E-state index contributed by atoms with van der Waals surface area (Å²) in [5, 5.41) is 8.65. The summed E-state index contributed by atoms with van der Waals surface area (Å²) in [6.45, 7) is 5.36. The van der Waals surface area contributed by atoms with Gasteiger partial charge in [-0.2, -0.15) is 0 Å². The first-order valence-electron chi connectivity index (χ1n) is 11.8. The van der Waals surface area contributed by atoms with Crippen LogP contribution in [-0.2, 0) is 22.4 Å². The van der Waals surface area contributed by atoms with Crippen molar-refractivity contribution >= 4 is 60.7 Å². The number of hydrogen-bond donors (Lipinski definition) is 1. The number of anilines is 2. The summed E-state index contributed by atoms with van der Waals surface area (Å²) in [5.74, 6) is 1.67. The van der Waals surface area contributed by atoms with Crippen LogP contribution in [0.3, 0.4) is 0 Å². The van der Waals surface area contributed by atoms with E-state index in [1.165, 1.54) is 22.0 Å². The lowest BCUT2D eigenvalue weighted by molar-refractivity contribution is -0.149. The Labute approximate surface area is 210 Å². The van der Waals surface area contributed by atoms with Gasteiger partial charge in [0.2, 0.25) is 5.91 Å². The number of amides is 1. The number of nitrogens with zero attached hydrogens (tertiary/aromatic N) is 5. The van der Waals surface area contributed by atoms with Gasteiger partial charge < -0.3 is 19.7 Å². The number of methoxy groups -OCH3 is 1. The van der Waals surface area contributed by atoms with E-state index in [-0.39, 0.29) is 23.9 Å². The Morgan fingerprint density at radius 1 is 1.23 bits per heavy atom. The largest absolute Gasteiger partial charge is 0.494 e. The molecule has 1 fully saturated rings. The normalized spacial score (nSPS) is 22.4. The molecule has 11 heteroatoms. The number of carbonyl (C=O) groups excluding carboxylic acids is 1. The molecule has 4 heterocycles. The van der Waals surface area contributed by atoms with Crippen molar-refractivity contribution < 1.29 is 14.3 Å². The molecular weight excluding hydrogens is 484 g/mol. The maximum Gasteiger partial charge on any atom is 0.226 e. The molecule has 1 amide bonds. The molecule has 182 valence electrons. The monoisotopic (exact) mass is 510 g/mol. The number of benzene rings is 1. The van der Waals surface area contributed by atoms with Crippen molar-refractivity contribution in [2.24, 2.45) is 5.92 Å². The van der Waals surface area contributed by atoms with Gasteiger partial charge in [0, 0.05) is 16.9 Å². The van der Waals surface area contributed by atoms with Crippen molar-refractivity contribution in [1.82, 2.24) is 24.5 Å². The topological polar surface area (TPSA) is 102 Å². The van der Waals surface area contributed by atoms with Crippen LogP contribution in [0.5, 0.6) is 5.75 Å². The Morgan fingerprint density at radius 3 is 2.86 bits per heavy atom. The van der Waals surface area contributed by atoms with Crippen molar-refractivity contribution in [2.75, 3.05) is 25.6 Å². The van der Waals surface area contributed by atoms with Crippen molar-refractivity contribution in [1.29, 1.82) is 0 Å². The second-order valence-electron chi connectivity index (χ2n) is 9.25. The van der Waals surface area contributed by atoms with E-state index >= 15 is 0 Å². The average molecular weight is 511 g/mol. The highest BCUT2D eigenvalue weighted by atomic mass is 32.1. The van der Waals surface area contributed by atoms with Gasteiger partial charge in [0.15, 0.2) is 0 Å². The Hall–Kier alpha value is -2.89. The minimum Gasteiger partial charge on any atom is -0.494 e. The van der Waals surface area contributed by atoms with Gasteiger partial charge >= 0.3 is 0 Å². The zero-order chi connectivity index (χ0) is 24.1. The van der Waals surface area contributed by atoms with Gasteiger partial charge in [-0.05, 0) is 56.3 Å². The number of aryl methyl sites for hydroxylation is 1. The van der Waals surface area contributed by atoms with Crippen LogP contribution < -0.4 is 10.1 Å². The summed E-state index contributed by atoms with van der Waals surface area (Å²) in [6.07, 6.45) is 3.99. The maximum atomic E-state index is 13.5. The minimum atomic E-state index is -0.00994. The highest BCUT2D eigenvalue weighted by molar-refractivity contribution is 7.19. The molecule has 1 saturated heterocycles. The number of fused-ring (bicyclic) bond motifs is 4. The number of thiophene rings is 1. The first kappa shape index (κ1) is 22.6. The molecule has 4 aromatic rings. The summed E-state index contributed by atoms with van der Waals surface area (Å²) >= 11 is 3.02. The van der Waals surface area contributed by atoms with Crippen LogP contribution in [0.2, 0.25) is 0 Å². The molecule has 0 saturated carbocycles. The quantitative estimate of drug-likeness (QED) is 0.436. The summed E-state index contributed by atoms with van der Waals surface area (Å²) in [7, 11) is 1.64. The number of morpholine rings is 1.